The average molecular weight is 370 g/mol. The number of nitrogens with zero attached hydrogens (tertiary/aromatic N) is 1. The Kier molecular flexibility index (Phi) is 5.43. The summed E-state index contributed by atoms with van der Waals surface area (Å²) in [4.78, 5) is 23.3. The highest BCUT2D eigenvalue weighted by Crippen LogP contribution is 2.27. The van der Waals surface area contributed by atoms with Gasteiger partial charge in [-0.2, -0.15) is 0 Å². The number of aromatic nitrogens is 1. The number of hydrogen-bond donors (Lipinski definition) is 0. The van der Waals surface area contributed by atoms with Gasteiger partial charge in [-0.15, -0.1) is 0 Å². The molecule has 0 fully saturated rings. The predicted molar refractivity (Wildman–Crippen MR) is 103 cm³/mol. The van der Waals surface area contributed by atoms with E-state index in [4.69, 9.17) is 16.3 Å². The summed E-state index contributed by atoms with van der Waals surface area (Å²) < 4.78 is 6.90. The molecule has 2 aromatic carbocycles. The molecule has 0 aliphatic heterocycles. The third kappa shape index (κ3) is 3.81. The second kappa shape index (κ2) is 7.75. The number of hydrogen-bond acceptors (Lipinski definition) is 3. The monoisotopic (exact) mass is 369 g/mol. The Morgan fingerprint density at radius 1 is 1.12 bits per heavy atom. The molecule has 5 heteroatoms. The van der Waals surface area contributed by atoms with Gasteiger partial charge in [-0.1, -0.05) is 35.9 Å². The average Bonchev–Trinajstić information content (AvgIpc) is 2.98. The van der Waals surface area contributed by atoms with Crippen LogP contribution in [0.5, 0.6) is 0 Å². The third-order valence-corrected chi connectivity index (χ3v) is 4.80. The summed E-state index contributed by atoms with van der Waals surface area (Å²) in [7, 11) is 1.37. The number of benzene rings is 2. The van der Waals surface area contributed by atoms with E-state index in [1.54, 1.807) is 13.0 Å². The van der Waals surface area contributed by atoms with Crippen molar-refractivity contribution < 1.29 is 14.3 Å². The first-order valence-corrected chi connectivity index (χ1v) is 8.80. The smallest absolute Gasteiger partial charge is 0.337 e. The maximum atomic E-state index is 11.9. The molecule has 0 aliphatic carbocycles. The van der Waals surface area contributed by atoms with Gasteiger partial charge in [-0.05, 0) is 42.7 Å². The van der Waals surface area contributed by atoms with E-state index < -0.39 is 0 Å². The van der Waals surface area contributed by atoms with E-state index in [-0.39, 0.29) is 11.8 Å². The molecule has 134 valence electrons. The Hall–Kier alpha value is -2.59. The van der Waals surface area contributed by atoms with Crippen LogP contribution in [0.25, 0.3) is 10.9 Å². The Morgan fingerprint density at radius 2 is 1.88 bits per heavy atom. The topological polar surface area (TPSA) is 48.3 Å². The number of fused-ring (bicyclic) bond motifs is 1. The summed E-state index contributed by atoms with van der Waals surface area (Å²) in [6.07, 6.45) is 3.20. The Morgan fingerprint density at radius 3 is 2.58 bits per heavy atom. The van der Waals surface area contributed by atoms with Crippen molar-refractivity contribution in [2.24, 2.45) is 0 Å². The molecule has 1 heterocycles. The molecule has 0 atom stereocenters. The van der Waals surface area contributed by atoms with E-state index in [1.807, 2.05) is 42.6 Å². The molecule has 0 saturated heterocycles. The predicted octanol–water partition coefficient (Wildman–Crippen LogP) is 4.65. The van der Waals surface area contributed by atoms with Crippen LogP contribution in [0.1, 0.15) is 34.8 Å². The van der Waals surface area contributed by atoms with Crippen LogP contribution in [0, 0.1) is 0 Å². The summed E-state index contributed by atoms with van der Waals surface area (Å²) in [5.74, 6) is -0.217. The number of esters is 1. The molecule has 0 N–H and O–H groups in total. The van der Waals surface area contributed by atoms with Crippen LogP contribution in [0.3, 0.4) is 0 Å². The Bertz CT molecular complexity index is 975. The van der Waals surface area contributed by atoms with Gasteiger partial charge in [-0.25, -0.2) is 4.79 Å². The number of ether oxygens (including phenoxy) is 1. The maximum Gasteiger partial charge on any atom is 0.337 e. The molecule has 0 amide bonds. The number of methoxy groups -OCH3 is 1. The molecule has 0 saturated carbocycles. The summed E-state index contributed by atoms with van der Waals surface area (Å²) in [6, 6.07) is 13.2. The van der Waals surface area contributed by atoms with Gasteiger partial charge in [0.1, 0.15) is 5.78 Å². The lowest BCUT2D eigenvalue weighted by molar-refractivity contribution is -0.116. The van der Waals surface area contributed by atoms with Crippen molar-refractivity contribution in [2.75, 3.05) is 7.11 Å². The van der Waals surface area contributed by atoms with Crippen molar-refractivity contribution in [2.45, 2.75) is 26.3 Å². The van der Waals surface area contributed by atoms with E-state index in [1.165, 1.54) is 7.11 Å². The molecule has 1 aromatic heterocycles. The molecule has 0 radical (unpaired) electrons. The molecule has 4 nitrogen and oxygen atoms in total. The summed E-state index contributed by atoms with van der Waals surface area (Å²) in [5, 5.41) is 1.73. The van der Waals surface area contributed by atoms with Gasteiger partial charge in [0.15, 0.2) is 0 Å². The SMILES string of the molecule is COC(=O)c1ccc2c(CCC(C)=O)cn(Cc3ccccc3Cl)c2c1. The quantitative estimate of drug-likeness (QED) is 0.594. The van der Waals surface area contributed by atoms with Crippen molar-refractivity contribution in [3.05, 3.63) is 70.4 Å². The van der Waals surface area contributed by atoms with Gasteiger partial charge < -0.3 is 14.1 Å². The van der Waals surface area contributed by atoms with Crippen LogP contribution in [0.15, 0.2) is 48.7 Å². The molecule has 3 aromatic rings. The summed E-state index contributed by atoms with van der Waals surface area (Å²) in [5.41, 5.74) is 3.49. The first-order chi connectivity index (χ1) is 12.5. The van der Waals surface area contributed by atoms with E-state index in [0.29, 0.717) is 30.0 Å². The molecular formula is C21H20ClNO3. The maximum absolute atomic E-state index is 11.9. The zero-order valence-corrected chi connectivity index (χ0v) is 15.5. The highest BCUT2D eigenvalue weighted by molar-refractivity contribution is 6.31. The third-order valence-electron chi connectivity index (χ3n) is 4.43. The number of rotatable bonds is 6. The lowest BCUT2D eigenvalue weighted by Gasteiger charge is -2.08. The first-order valence-electron chi connectivity index (χ1n) is 8.42. The van der Waals surface area contributed by atoms with Crippen LogP contribution < -0.4 is 0 Å². The highest BCUT2D eigenvalue weighted by atomic mass is 35.5. The van der Waals surface area contributed by atoms with Gasteiger partial charge in [0.05, 0.1) is 12.7 Å². The van der Waals surface area contributed by atoms with Gasteiger partial charge in [0, 0.05) is 35.1 Å². The van der Waals surface area contributed by atoms with Gasteiger partial charge in [0.2, 0.25) is 0 Å². The summed E-state index contributed by atoms with van der Waals surface area (Å²) >= 11 is 6.31. The fourth-order valence-corrected chi connectivity index (χ4v) is 3.26. The molecule has 0 unspecified atom stereocenters. The number of ketones is 1. The van der Waals surface area contributed by atoms with Gasteiger partial charge in [-0.3, -0.25) is 0 Å². The van der Waals surface area contributed by atoms with Crippen molar-refractivity contribution in [1.82, 2.24) is 4.57 Å². The number of carbonyl (C=O) groups excluding carboxylic acids is 2. The second-order valence-corrected chi connectivity index (χ2v) is 6.71. The Balaban J connectivity index is 2.08. The normalized spacial score (nSPS) is 10.9. The zero-order chi connectivity index (χ0) is 18.7. The van der Waals surface area contributed by atoms with E-state index in [9.17, 15) is 9.59 Å². The van der Waals surface area contributed by atoms with Crippen molar-refractivity contribution >= 4 is 34.3 Å². The lowest BCUT2D eigenvalue weighted by atomic mass is 10.1. The Labute approximate surface area is 157 Å². The van der Waals surface area contributed by atoms with Crippen LogP contribution >= 0.6 is 11.6 Å². The van der Waals surface area contributed by atoms with Crippen molar-refractivity contribution in [3.8, 4) is 0 Å². The minimum atomic E-state index is -0.373. The molecule has 3 rings (SSSR count). The zero-order valence-electron chi connectivity index (χ0n) is 14.8. The van der Waals surface area contributed by atoms with Crippen molar-refractivity contribution in [1.29, 1.82) is 0 Å². The van der Waals surface area contributed by atoms with Crippen LogP contribution in [-0.4, -0.2) is 23.4 Å². The fourth-order valence-electron chi connectivity index (χ4n) is 3.06. The van der Waals surface area contributed by atoms with Crippen molar-refractivity contribution in [3.63, 3.8) is 0 Å². The van der Waals surface area contributed by atoms with E-state index >= 15 is 0 Å². The van der Waals surface area contributed by atoms with Crippen LogP contribution in [0.2, 0.25) is 5.02 Å². The highest BCUT2D eigenvalue weighted by Gasteiger charge is 2.14. The summed E-state index contributed by atoms with van der Waals surface area (Å²) in [6.45, 7) is 2.18. The van der Waals surface area contributed by atoms with Gasteiger partial charge >= 0.3 is 5.97 Å². The van der Waals surface area contributed by atoms with Crippen LogP contribution in [-0.2, 0) is 22.5 Å². The largest absolute Gasteiger partial charge is 0.465 e. The molecular weight excluding hydrogens is 350 g/mol. The molecule has 26 heavy (non-hydrogen) atoms. The van der Waals surface area contributed by atoms with E-state index in [2.05, 4.69) is 4.57 Å². The molecule has 0 bridgehead atoms. The number of Topliss-reactive ketones (excluding diaryl/α,β-unsaturated/α-hetero) is 1. The first kappa shape index (κ1) is 18.2. The fraction of sp³-hybridized carbons (Fsp3) is 0.238. The minimum absolute atomic E-state index is 0.156. The standard InChI is InChI=1S/C21H20ClNO3/c1-14(24)7-8-16-12-23(13-17-5-3-4-6-19(17)22)20-11-15(21(25)26-2)9-10-18(16)20/h3-6,9-12H,7-8,13H2,1-2H3. The van der Waals surface area contributed by atoms with E-state index in [0.717, 1.165) is 22.0 Å². The molecule has 0 spiro atoms. The number of halogens is 1. The minimum Gasteiger partial charge on any atom is -0.465 e. The number of carbonyl (C=O) groups is 2. The number of aryl methyl sites for hydroxylation is 1. The lowest BCUT2D eigenvalue weighted by Crippen LogP contribution is -2.02. The molecule has 0 aliphatic rings. The van der Waals surface area contributed by atoms with Gasteiger partial charge in [0.25, 0.3) is 0 Å². The second-order valence-electron chi connectivity index (χ2n) is 6.30. The van der Waals surface area contributed by atoms with Crippen LogP contribution in [0.4, 0.5) is 0 Å².